The number of nitriles is 1. The molecule has 0 saturated heterocycles. The Morgan fingerprint density at radius 1 is 1.21 bits per heavy atom. The van der Waals surface area contributed by atoms with E-state index in [-0.39, 0.29) is 18.3 Å². The van der Waals surface area contributed by atoms with Crippen molar-refractivity contribution >= 4 is 5.91 Å². The van der Waals surface area contributed by atoms with Crippen molar-refractivity contribution in [2.45, 2.75) is 6.54 Å². The van der Waals surface area contributed by atoms with Crippen LogP contribution in [0.25, 0.3) is 11.3 Å². The lowest BCUT2D eigenvalue weighted by molar-refractivity contribution is 0.0950. The number of benzene rings is 2. The van der Waals surface area contributed by atoms with Crippen LogP contribution in [0.15, 0.2) is 59.1 Å². The van der Waals surface area contributed by atoms with E-state index in [1.807, 2.05) is 6.07 Å². The number of hydrogen-bond donors (Lipinski definition) is 1. The summed E-state index contributed by atoms with van der Waals surface area (Å²) in [5, 5.41) is 15.4. The molecular weight excluding hydrogens is 309 g/mol. The fourth-order valence-electron chi connectivity index (χ4n) is 2.15. The zero-order chi connectivity index (χ0) is 16.9. The van der Waals surface area contributed by atoms with Crippen molar-refractivity contribution in [3.8, 4) is 17.4 Å². The van der Waals surface area contributed by atoms with Gasteiger partial charge in [-0.25, -0.2) is 4.39 Å². The van der Waals surface area contributed by atoms with Gasteiger partial charge in [0.15, 0.2) is 5.76 Å². The molecule has 0 spiro atoms. The summed E-state index contributed by atoms with van der Waals surface area (Å²) in [6, 6.07) is 15.9. The maximum absolute atomic E-state index is 12.9. The molecule has 1 heterocycles. The SMILES string of the molecule is N#Cc1cccc(C(=O)NCc2cc(-c3ccc(F)cc3)on2)c1. The van der Waals surface area contributed by atoms with Crippen LogP contribution >= 0.6 is 0 Å². The van der Waals surface area contributed by atoms with Crippen molar-refractivity contribution in [3.05, 3.63) is 77.2 Å². The van der Waals surface area contributed by atoms with E-state index in [9.17, 15) is 9.18 Å². The molecule has 1 aromatic heterocycles. The van der Waals surface area contributed by atoms with Crippen LogP contribution in [0.5, 0.6) is 0 Å². The number of carbonyl (C=O) groups is 1. The highest BCUT2D eigenvalue weighted by molar-refractivity contribution is 5.94. The van der Waals surface area contributed by atoms with Crippen molar-refractivity contribution < 1.29 is 13.7 Å². The Bertz CT molecular complexity index is 911. The highest BCUT2D eigenvalue weighted by atomic mass is 19.1. The van der Waals surface area contributed by atoms with Crippen molar-refractivity contribution in [2.24, 2.45) is 0 Å². The third-order valence-electron chi connectivity index (χ3n) is 3.37. The number of carbonyl (C=O) groups excluding carboxylic acids is 1. The van der Waals surface area contributed by atoms with Gasteiger partial charge in [0.25, 0.3) is 5.91 Å². The van der Waals surface area contributed by atoms with E-state index in [0.717, 1.165) is 0 Å². The second kappa shape index (κ2) is 6.75. The van der Waals surface area contributed by atoms with Gasteiger partial charge in [0.05, 0.1) is 18.2 Å². The Morgan fingerprint density at radius 3 is 2.75 bits per heavy atom. The maximum Gasteiger partial charge on any atom is 0.251 e. The summed E-state index contributed by atoms with van der Waals surface area (Å²) in [6.45, 7) is 0.181. The minimum Gasteiger partial charge on any atom is -0.356 e. The molecule has 0 saturated carbocycles. The Hall–Kier alpha value is -3.46. The average Bonchev–Trinajstić information content (AvgIpc) is 3.09. The third kappa shape index (κ3) is 3.47. The van der Waals surface area contributed by atoms with Crippen LogP contribution in [0.1, 0.15) is 21.6 Å². The van der Waals surface area contributed by atoms with Crippen LogP contribution < -0.4 is 5.32 Å². The number of hydrogen-bond acceptors (Lipinski definition) is 4. The minimum atomic E-state index is -0.328. The highest BCUT2D eigenvalue weighted by Gasteiger charge is 2.10. The first-order valence-electron chi connectivity index (χ1n) is 7.15. The lowest BCUT2D eigenvalue weighted by Gasteiger charge is -2.02. The molecule has 3 rings (SSSR count). The van der Waals surface area contributed by atoms with Crippen LogP contribution in [-0.4, -0.2) is 11.1 Å². The van der Waals surface area contributed by atoms with Crippen LogP contribution in [0.4, 0.5) is 4.39 Å². The smallest absolute Gasteiger partial charge is 0.251 e. The summed E-state index contributed by atoms with van der Waals surface area (Å²) >= 11 is 0. The molecular formula is C18H12FN3O2. The van der Waals surface area contributed by atoms with Gasteiger partial charge in [-0.3, -0.25) is 4.79 Å². The second-order valence-electron chi connectivity index (χ2n) is 5.06. The first-order chi connectivity index (χ1) is 11.7. The molecule has 5 nitrogen and oxygen atoms in total. The number of halogens is 1. The van der Waals surface area contributed by atoms with Crippen molar-refractivity contribution in [2.75, 3.05) is 0 Å². The van der Waals surface area contributed by atoms with Gasteiger partial charge in [-0.2, -0.15) is 5.26 Å². The highest BCUT2D eigenvalue weighted by Crippen LogP contribution is 2.20. The first kappa shape index (κ1) is 15.4. The molecule has 0 aliphatic heterocycles. The Labute approximate surface area is 137 Å². The predicted octanol–water partition coefficient (Wildman–Crippen LogP) is 3.28. The zero-order valence-corrected chi connectivity index (χ0v) is 12.5. The van der Waals surface area contributed by atoms with Crippen LogP contribution in [0.2, 0.25) is 0 Å². The van der Waals surface area contributed by atoms with Crippen LogP contribution in [0, 0.1) is 17.1 Å². The molecule has 24 heavy (non-hydrogen) atoms. The van der Waals surface area contributed by atoms with E-state index in [2.05, 4.69) is 10.5 Å². The van der Waals surface area contributed by atoms with Gasteiger partial charge in [-0.15, -0.1) is 0 Å². The molecule has 0 radical (unpaired) electrons. The van der Waals surface area contributed by atoms with Gasteiger partial charge in [-0.1, -0.05) is 11.2 Å². The number of aromatic nitrogens is 1. The van der Waals surface area contributed by atoms with Gasteiger partial charge in [0, 0.05) is 17.2 Å². The maximum atomic E-state index is 12.9. The summed E-state index contributed by atoms with van der Waals surface area (Å²) in [5.74, 6) is -0.144. The Balaban J connectivity index is 1.66. The fourth-order valence-corrected chi connectivity index (χ4v) is 2.15. The lowest BCUT2D eigenvalue weighted by Crippen LogP contribution is -2.22. The van der Waals surface area contributed by atoms with Crippen molar-refractivity contribution in [1.29, 1.82) is 5.26 Å². The quantitative estimate of drug-likeness (QED) is 0.800. The molecule has 1 N–H and O–H groups in total. The van der Waals surface area contributed by atoms with Gasteiger partial charge >= 0.3 is 0 Å². The van der Waals surface area contributed by atoms with E-state index in [1.54, 1.807) is 36.4 Å². The van der Waals surface area contributed by atoms with Crippen LogP contribution in [0.3, 0.4) is 0 Å². The molecule has 0 fully saturated rings. The summed E-state index contributed by atoms with van der Waals surface area (Å²) in [7, 11) is 0. The van der Waals surface area contributed by atoms with E-state index in [4.69, 9.17) is 9.78 Å². The molecule has 0 aliphatic rings. The first-order valence-corrected chi connectivity index (χ1v) is 7.15. The van der Waals surface area contributed by atoms with Gasteiger partial charge in [0.1, 0.15) is 11.5 Å². The summed E-state index contributed by atoms with van der Waals surface area (Å²) in [6.07, 6.45) is 0. The van der Waals surface area contributed by atoms with E-state index in [0.29, 0.717) is 28.1 Å². The standard InChI is InChI=1S/C18H12FN3O2/c19-15-6-4-13(5-7-15)17-9-16(22-24-17)11-21-18(23)14-3-1-2-12(8-14)10-20/h1-9H,11H2,(H,21,23). The largest absolute Gasteiger partial charge is 0.356 e. The van der Waals surface area contributed by atoms with E-state index in [1.165, 1.54) is 18.2 Å². The normalized spacial score (nSPS) is 10.2. The average molecular weight is 321 g/mol. The number of nitrogens with zero attached hydrogens (tertiary/aromatic N) is 2. The van der Waals surface area contributed by atoms with Crippen molar-refractivity contribution in [1.82, 2.24) is 10.5 Å². The molecule has 0 bridgehead atoms. The fraction of sp³-hybridized carbons (Fsp3) is 0.0556. The molecule has 2 aromatic carbocycles. The number of nitrogens with one attached hydrogen (secondary N) is 1. The van der Waals surface area contributed by atoms with Gasteiger partial charge < -0.3 is 9.84 Å². The Kier molecular flexibility index (Phi) is 4.34. The predicted molar refractivity (Wildman–Crippen MR) is 84.2 cm³/mol. The monoisotopic (exact) mass is 321 g/mol. The third-order valence-corrected chi connectivity index (χ3v) is 3.37. The number of amides is 1. The summed E-state index contributed by atoms with van der Waals surface area (Å²) in [5.41, 5.74) is 2.06. The molecule has 1 amide bonds. The summed E-state index contributed by atoms with van der Waals surface area (Å²) < 4.78 is 18.1. The van der Waals surface area contributed by atoms with Gasteiger partial charge in [-0.05, 0) is 42.5 Å². The Morgan fingerprint density at radius 2 is 2.00 bits per heavy atom. The zero-order valence-electron chi connectivity index (χ0n) is 12.5. The van der Waals surface area contributed by atoms with Crippen molar-refractivity contribution in [3.63, 3.8) is 0 Å². The minimum absolute atomic E-state index is 0.181. The molecule has 0 aliphatic carbocycles. The van der Waals surface area contributed by atoms with Crippen LogP contribution in [-0.2, 0) is 6.54 Å². The second-order valence-corrected chi connectivity index (χ2v) is 5.06. The molecule has 0 unspecified atom stereocenters. The molecule has 3 aromatic rings. The van der Waals surface area contributed by atoms with Gasteiger partial charge in [0.2, 0.25) is 0 Å². The van der Waals surface area contributed by atoms with E-state index < -0.39 is 0 Å². The molecule has 6 heteroatoms. The lowest BCUT2D eigenvalue weighted by atomic mass is 10.1. The summed E-state index contributed by atoms with van der Waals surface area (Å²) in [4.78, 5) is 12.1. The molecule has 118 valence electrons. The molecule has 0 atom stereocenters. The number of rotatable bonds is 4. The topological polar surface area (TPSA) is 78.9 Å². The van der Waals surface area contributed by atoms with E-state index >= 15 is 0 Å².